The molecular weight excluding hydrogens is 394 g/mol. The van der Waals surface area contributed by atoms with E-state index in [4.69, 9.17) is 0 Å². The second kappa shape index (κ2) is 8.36. The Balaban J connectivity index is 1.83. The molecule has 128 valence electrons. The fraction of sp³-hybridized carbons (Fsp3) is 0.250. The number of carbonyl (C=O) groups is 1. The van der Waals surface area contributed by atoms with Crippen molar-refractivity contribution in [2.24, 2.45) is 0 Å². The van der Waals surface area contributed by atoms with Crippen LogP contribution in [-0.4, -0.2) is 25.9 Å². The molecule has 1 unspecified atom stereocenters. The molecule has 2 rings (SSSR count). The standard InChI is InChI=1S/C16H18BrN3O3S/c1-12(13-6-9-18-10-7-13)20-16(21)8-11-19-24(22,23)15-4-2-14(17)3-5-15/h2-7,9-10,12,19H,8,11H2,1H3,(H,20,21). The lowest BCUT2D eigenvalue weighted by atomic mass is 10.1. The molecule has 0 saturated heterocycles. The smallest absolute Gasteiger partial charge is 0.240 e. The number of halogens is 1. The van der Waals surface area contributed by atoms with Crippen LogP contribution in [0.1, 0.15) is 24.9 Å². The van der Waals surface area contributed by atoms with Crippen LogP contribution in [0.2, 0.25) is 0 Å². The topological polar surface area (TPSA) is 88.2 Å². The number of amides is 1. The van der Waals surface area contributed by atoms with Crippen LogP contribution in [0.25, 0.3) is 0 Å². The summed E-state index contributed by atoms with van der Waals surface area (Å²) in [6.07, 6.45) is 3.37. The molecular formula is C16H18BrN3O3S. The van der Waals surface area contributed by atoms with Crippen molar-refractivity contribution >= 4 is 31.9 Å². The van der Waals surface area contributed by atoms with Crippen LogP contribution in [0.15, 0.2) is 58.2 Å². The van der Waals surface area contributed by atoms with E-state index in [1.165, 1.54) is 12.1 Å². The molecule has 2 N–H and O–H groups in total. The average Bonchev–Trinajstić information content (AvgIpc) is 2.56. The van der Waals surface area contributed by atoms with E-state index < -0.39 is 10.0 Å². The van der Waals surface area contributed by atoms with Crippen LogP contribution in [0.4, 0.5) is 0 Å². The Hall–Kier alpha value is -1.77. The summed E-state index contributed by atoms with van der Waals surface area (Å²) >= 11 is 3.25. The predicted molar refractivity (Wildman–Crippen MR) is 94.7 cm³/mol. The van der Waals surface area contributed by atoms with Crippen molar-refractivity contribution in [2.75, 3.05) is 6.54 Å². The fourth-order valence-electron chi connectivity index (χ4n) is 2.05. The van der Waals surface area contributed by atoms with Crippen molar-refractivity contribution < 1.29 is 13.2 Å². The van der Waals surface area contributed by atoms with Crippen molar-refractivity contribution in [3.8, 4) is 0 Å². The third kappa shape index (κ3) is 5.40. The van der Waals surface area contributed by atoms with Gasteiger partial charge in [0.2, 0.25) is 15.9 Å². The summed E-state index contributed by atoms with van der Waals surface area (Å²) < 4.78 is 27.4. The number of nitrogens with one attached hydrogen (secondary N) is 2. The van der Waals surface area contributed by atoms with Gasteiger partial charge in [-0.25, -0.2) is 13.1 Å². The predicted octanol–water partition coefficient (Wildman–Crippen LogP) is 2.39. The molecule has 0 spiro atoms. The van der Waals surface area contributed by atoms with Crippen LogP contribution >= 0.6 is 15.9 Å². The maximum absolute atomic E-state index is 12.1. The van der Waals surface area contributed by atoms with Crippen LogP contribution in [-0.2, 0) is 14.8 Å². The number of benzene rings is 1. The lowest BCUT2D eigenvalue weighted by Gasteiger charge is -2.14. The lowest BCUT2D eigenvalue weighted by molar-refractivity contribution is -0.121. The van der Waals surface area contributed by atoms with Gasteiger partial charge in [-0.05, 0) is 48.9 Å². The van der Waals surface area contributed by atoms with Crippen molar-refractivity contribution in [1.29, 1.82) is 0 Å². The number of hydrogen-bond acceptors (Lipinski definition) is 4. The number of hydrogen-bond donors (Lipinski definition) is 2. The zero-order valence-corrected chi connectivity index (χ0v) is 15.5. The molecule has 24 heavy (non-hydrogen) atoms. The first-order chi connectivity index (χ1) is 11.4. The van der Waals surface area contributed by atoms with Gasteiger partial charge in [-0.1, -0.05) is 15.9 Å². The molecule has 0 aliphatic heterocycles. The summed E-state index contributed by atoms with van der Waals surface area (Å²) in [5.41, 5.74) is 0.939. The van der Waals surface area contributed by atoms with Crippen molar-refractivity contribution in [3.05, 3.63) is 58.8 Å². The molecule has 0 bridgehead atoms. The first kappa shape index (κ1) is 18.6. The highest BCUT2D eigenvalue weighted by molar-refractivity contribution is 9.10. The summed E-state index contributed by atoms with van der Waals surface area (Å²) in [5.74, 6) is -0.224. The van der Waals surface area contributed by atoms with E-state index in [-0.39, 0.29) is 29.8 Å². The largest absolute Gasteiger partial charge is 0.350 e. The minimum Gasteiger partial charge on any atom is -0.350 e. The summed E-state index contributed by atoms with van der Waals surface area (Å²) in [4.78, 5) is 16.0. The summed E-state index contributed by atoms with van der Waals surface area (Å²) in [5, 5.41) is 2.82. The molecule has 6 nitrogen and oxygen atoms in total. The Morgan fingerprint density at radius 1 is 1.17 bits per heavy atom. The molecule has 0 aliphatic carbocycles. The Bertz CT molecular complexity index is 780. The number of carbonyl (C=O) groups excluding carboxylic acids is 1. The Morgan fingerprint density at radius 3 is 2.42 bits per heavy atom. The van der Waals surface area contributed by atoms with E-state index >= 15 is 0 Å². The van der Waals surface area contributed by atoms with Gasteiger partial charge >= 0.3 is 0 Å². The third-order valence-electron chi connectivity index (χ3n) is 3.35. The van der Waals surface area contributed by atoms with Crippen LogP contribution in [0, 0.1) is 0 Å². The minimum atomic E-state index is -3.61. The van der Waals surface area contributed by atoms with Gasteiger partial charge in [0.15, 0.2) is 0 Å². The van der Waals surface area contributed by atoms with E-state index in [1.807, 2.05) is 19.1 Å². The minimum absolute atomic E-state index is 0.0350. The molecule has 2 aromatic rings. The zero-order chi connectivity index (χ0) is 17.6. The normalized spacial score (nSPS) is 12.6. The second-order valence-electron chi connectivity index (χ2n) is 5.17. The van der Waals surface area contributed by atoms with E-state index in [9.17, 15) is 13.2 Å². The molecule has 8 heteroatoms. The molecule has 1 aromatic heterocycles. The van der Waals surface area contributed by atoms with Gasteiger partial charge < -0.3 is 5.32 Å². The number of rotatable bonds is 7. The molecule has 1 heterocycles. The maximum atomic E-state index is 12.1. The van der Waals surface area contributed by atoms with Crippen molar-refractivity contribution in [3.63, 3.8) is 0 Å². The van der Waals surface area contributed by atoms with Gasteiger partial charge in [-0.3, -0.25) is 9.78 Å². The Kier molecular flexibility index (Phi) is 6.47. The number of aromatic nitrogens is 1. The fourth-order valence-corrected chi connectivity index (χ4v) is 3.34. The molecule has 0 radical (unpaired) electrons. The quantitative estimate of drug-likeness (QED) is 0.731. The van der Waals surface area contributed by atoms with Crippen molar-refractivity contribution in [2.45, 2.75) is 24.3 Å². The number of nitrogens with zero attached hydrogens (tertiary/aromatic N) is 1. The van der Waals surface area contributed by atoms with Crippen LogP contribution in [0.5, 0.6) is 0 Å². The molecule has 1 atom stereocenters. The highest BCUT2D eigenvalue weighted by Gasteiger charge is 2.15. The Labute approximate surface area is 149 Å². The summed E-state index contributed by atoms with van der Waals surface area (Å²) in [6.45, 7) is 1.90. The average molecular weight is 412 g/mol. The second-order valence-corrected chi connectivity index (χ2v) is 7.85. The van der Waals surface area contributed by atoms with Gasteiger partial charge in [0.25, 0.3) is 0 Å². The van der Waals surface area contributed by atoms with Gasteiger partial charge in [-0.2, -0.15) is 0 Å². The molecule has 0 fully saturated rings. The first-order valence-corrected chi connectivity index (χ1v) is 9.60. The molecule has 1 aromatic carbocycles. The van der Waals surface area contributed by atoms with E-state index in [0.717, 1.165) is 10.0 Å². The summed E-state index contributed by atoms with van der Waals surface area (Å²) in [6, 6.07) is 9.77. The molecule has 0 saturated carbocycles. The molecule has 0 aliphatic rings. The van der Waals surface area contributed by atoms with Crippen LogP contribution < -0.4 is 10.0 Å². The third-order valence-corrected chi connectivity index (χ3v) is 5.36. The summed E-state index contributed by atoms with van der Waals surface area (Å²) in [7, 11) is -3.61. The number of pyridine rings is 1. The van der Waals surface area contributed by atoms with Gasteiger partial charge in [0, 0.05) is 29.8 Å². The Morgan fingerprint density at radius 2 is 1.79 bits per heavy atom. The number of sulfonamides is 1. The van der Waals surface area contributed by atoms with Gasteiger partial charge in [-0.15, -0.1) is 0 Å². The van der Waals surface area contributed by atoms with E-state index in [1.54, 1.807) is 24.5 Å². The molecule has 1 amide bonds. The van der Waals surface area contributed by atoms with Gasteiger partial charge in [0.05, 0.1) is 10.9 Å². The van der Waals surface area contributed by atoms with E-state index in [0.29, 0.717) is 0 Å². The maximum Gasteiger partial charge on any atom is 0.240 e. The van der Waals surface area contributed by atoms with Crippen molar-refractivity contribution in [1.82, 2.24) is 15.0 Å². The first-order valence-electron chi connectivity index (χ1n) is 7.33. The van der Waals surface area contributed by atoms with Gasteiger partial charge in [0.1, 0.15) is 0 Å². The lowest BCUT2D eigenvalue weighted by Crippen LogP contribution is -2.32. The highest BCUT2D eigenvalue weighted by Crippen LogP contribution is 2.14. The van der Waals surface area contributed by atoms with E-state index in [2.05, 4.69) is 31.0 Å². The zero-order valence-electron chi connectivity index (χ0n) is 13.1. The monoisotopic (exact) mass is 411 g/mol. The van der Waals surface area contributed by atoms with Crippen LogP contribution in [0.3, 0.4) is 0 Å². The highest BCUT2D eigenvalue weighted by atomic mass is 79.9. The SMILES string of the molecule is CC(NC(=O)CCNS(=O)(=O)c1ccc(Br)cc1)c1ccncc1.